The molecule has 2 aromatic carbocycles. The summed E-state index contributed by atoms with van der Waals surface area (Å²) in [4.78, 5) is 13.0. The van der Waals surface area contributed by atoms with E-state index in [0.717, 1.165) is 11.3 Å². The Morgan fingerprint density at radius 2 is 1.58 bits per heavy atom. The molecule has 1 aliphatic rings. The molecule has 2 unspecified atom stereocenters. The van der Waals surface area contributed by atoms with Crippen LogP contribution < -0.4 is 27.0 Å². The van der Waals surface area contributed by atoms with Crippen molar-refractivity contribution in [2.24, 2.45) is 0 Å². The van der Waals surface area contributed by atoms with E-state index in [2.05, 4.69) is 5.32 Å². The average Bonchev–Trinajstić information content (AvgIpc) is 2.68. The molecular formula is C21H19ClN2O2. The Hall–Kier alpha value is -2.85. The molecule has 0 aliphatic carbocycles. The van der Waals surface area contributed by atoms with E-state index in [1.807, 2.05) is 89.8 Å². The first kappa shape index (κ1) is 18.0. The minimum absolute atomic E-state index is 0. The predicted octanol–water partition coefficient (Wildman–Crippen LogP) is 0.162. The van der Waals surface area contributed by atoms with Crippen molar-refractivity contribution in [1.82, 2.24) is 0 Å². The molecule has 1 aliphatic heterocycles. The summed E-state index contributed by atoms with van der Waals surface area (Å²) in [5, 5.41) is 3.47. The lowest BCUT2D eigenvalue weighted by Gasteiger charge is -2.34. The third kappa shape index (κ3) is 3.70. The summed E-state index contributed by atoms with van der Waals surface area (Å²) in [6.45, 7) is 0.276. The number of anilines is 1. The number of para-hydroxylation sites is 2. The molecule has 0 saturated carbocycles. The third-order valence-electron chi connectivity index (χ3n) is 4.35. The zero-order valence-corrected chi connectivity index (χ0v) is 14.8. The minimum Gasteiger partial charge on any atom is -1.00 e. The van der Waals surface area contributed by atoms with Crippen LogP contribution >= 0.6 is 0 Å². The first-order valence-electron chi connectivity index (χ1n) is 8.35. The Kier molecular flexibility index (Phi) is 5.54. The molecule has 3 aromatic rings. The van der Waals surface area contributed by atoms with Crippen molar-refractivity contribution in [2.45, 2.75) is 18.7 Å². The van der Waals surface area contributed by atoms with Gasteiger partial charge in [-0.15, -0.1) is 0 Å². The molecule has 4 rings (SSSR count). The number of ketones is 1. The van der Waals surface area contributed by atoms with Crippen molar-refractivity contribution in [2.75, 3.05) is 5.32 Å². The van der Waals surface area contributed by atoms with E-state index in [9.17, 15) is 4.79 Å². The van der Waals surface area contributed by atoms with Crippen LogP contribution in [0.1, 0.15) is 11.6 Å². The van der Waals surface area contributed by atoms with Gasteiger partial charge in [0.2, 0.25) is 12.3 Å². The molecule has 0 saturated heterocycles. The summed E-state index contributed by atoms with van der Waals surface area (Å²) in [6, 6.07) is 23.2. The van der Waals surface area contributed by atoms with Crippen LogP contribution in [0, 0.1) is 0 Å². The van der Waals surface area contributed by atoms with E-state index < -0.39 is 6.10 Å². The lowest BCUT2D eigenvalue weighted by atomic mass is 9.96. The van der Waals surface area contributed by atoms with Crippen molar-refractivity contribution < 1.29 is 26.5 Å². The average molecular weight is 367 g/mol. The number of nitrogens with zero attached hydrogens (tertiary/aromatic N) is 1. The second-order valence-electron chi connectivity index (χ2n) is 6.08. The molecule has 0 amide bonds. The molecule has 0 spiro atoms. The summed E-state index contributed by atoms with van der Waals surface area (Å²) in [5.41, 5.74) is 1.95. The van der Waals surface area contributed by atoms with Gasteiger partial charge in [0.15, 0.2) is 18.5 Å². The number of ether oxygens (including phenoxy) is 1. The number of rotatable bonds is 4. The van der Waals surface area contributed by atoms with Crippen LogP contribution in [0.25, 0.3) is 0 Å². The van der Waals surface area contributed by atoms with Crippen LogP contribution in [0.2, 0.25) is 0 Å². The number of hydrogen-bond donors (Lipinski definition) is 1. The lowest BCUT2D eigenvalue weighted by Crippen LogP contribution is -3.00. The summed E-state index contributed by atoms with van der Waals surface area (Å²) < 4.78 is 7.98. The van der Waals surface area contributed by atoms with E-state index in [-0.39, 0.29) is 30.8 Å². The lowest BCUT2D eigenvalue weighted by molar-refractivity contribution is -0.684. The van der Waals surface area contributed by atoms with Crippen LogP contribution in [0.15, 0.2) is 85.2 Å². The van der Waals surface area contributed by atoms with Crippen molar-refractivity contribution >= 4 is 11.5 Å². The highest BCUT2D eigenvalue weighted by atomic mass is 35.5. The van der Waals surface area contributed by atoms with Gasteiger partial charge in [0.05, 0.1) is 11.7 Å². The Morgan fingerprint density at radius 1 is 0.923 bits per heavy atom. The van der Waals surface area contributed by atoms with Gasteiger partial charge in [0.1, 0.15) is 5.75 Å². The van der Waals surface area contributed by atoms with E-state index in [0.29, 0.717) is 5.75 Å². The van der Waals surface area contributed by atoms with Gasteiger partial charge in [0, 0.05) is 12.1 Å². The third-order valence-corrected chi connectivity index (χ3v) is 4.35. The van der Waals surface area contributed by atoms with Crippen molar-refractivity contribution in [3.8, 4) is 5.75 Å². The first-order chi connectivity index (χ1) is 12.3. The smallest absolute Gasteiger partial charge is 0.240 e. The maximum absolute atomic E-state index is 13.0. The predicted molar refractivity (Wildman–Crippen MR) is 95.3 cm³/mol. The molecule has 0 bridgehead atoms. The topological polar surface area (TPSA) is 42.2 Å². The normalized spacial score (nSPS) is 17.8. The second-order valence-corrected chi connectivity index (χ2v) is 6.08. The molecular weight excluding hydrogens is 348 g/mol. The van der Waals surface area contributed by atoms with E-state index in [1.54, 1.807) is 0 Å². The molecule has 26 heavy (non-hydrogen) atoms. The number of nitrogens with one attached hydrogen (secondary N) is 1. The van der Waals surface area contributed by atoms with Gasteiger partial charge in [-0.3, -0.25) is 4.79 Å². The maximum Gasteiger partial charge on any atom is 0.240 e. The van der Waals surface area contributed by atoms with Gasteiger partial charge in [-0.25, -0.2) is 0 Å². The highest BCUT2D eigenvalue weighted by Crippen LogP contribution is 2.37. The zero-order valence-electron chi connectivity index (χ0n) is 14.1. The van der Waals surface area contributed by atoms with Crippen LogP contribution in [-0.2, 0) is 11.3 Å². The molecule has 2 heterocycles. The summed E-state index contributed by atoms with van der Waals surface area (Å²) in [7, 11) is 0. The number of aromatic nitrogens is 1. The Balaban J connectivity index is 0.00000196. The molecule has 0 radical (unpaired) electrons. The van der Waals surface area contributed by atoms with E-state index >= 15 is 0 Å². The highest BCUT2D eigenvalue weighted by molar-refractivity contribution is 5.85. The number of hydrogen-bond acceptors (Lipinski definition) is 3. The quantitative estimate of drug-likeness (QED) is 0.669. The van der Waals surface area contributed by atoms with Gasteiger partial charge >= 0.3 is 0 Å². The van der Waals surface area contributed by atoms with E-state index in [4.69, 9.17) is 4.74 Å². The first-order valence-corrected chi connectivity index (χ1v) is 8.35. The zero-order chi connectivity index (χ0) is 17.1. The fourth-order valence-electron chi connectivity index (χ4n) is 3.12. The largest absolute Gasteiger partial charge is 1.00 e. The minimum atomic E-state index is -0.579. The summed E-state index contributed by atoms with van der Waals surface area (Å²) in [5.74, 6) is 0.748. The number of carbonyl (C=O) groups excluding carboxylic acids is 1. The molecule has 5 heteroatoms. The van der Waals surface area contributed by atoms with Crippen LogP contribution in [0.5, 0.6) is 5.75 Å². The van der Waals surface area contributed by atoms with Crippen molar-refractivity contribution in [1.29, 1.82) is 0 Å². The molecule has 4 nitrogen and oxygen atoms in total. The monoisotopic (exact) mass is 366 g/mol. The summed E-state index contributed by atoms with van der Waals surface area (Å²) >= 11 is 0. The Bertz CT molecular complexity index is 871. The number of carbonyl (C=O) groups is 1. The fraction of sp³-hybridized carbons (Fsp3) is 0.143. The number of halogens is 1. The van der Waals surface area contributed by atoms with Crippen LogP contribution in [-0.4, -0.2) is 11.9 Å². The van der Waals surface area contributed by atoms with Crippen LogP contribution in [0.4, 0.5) is 5.69 Å². The Morgan fingerprint density at radius 3 is 2.35 bits per heavy atom. The summed E-state index contributed by atoms with van der Waals surface area (Å²) in [6.07, 6.45) is 3.20. The van der Waals surface area contributed by atoms with Gasteiger partial charge in [-0.1, -0.05) is 48.5 Å². The van der Waals surface area contributed by atoms with E-state index in [1.165, 1.54) is 0 Å². The van der Waals surface area contributed by atoms with Gasteiger partial charge in [-0.05, 0) is 17.7 Å². The molecule has 1 aromatic heterocycles. The van der Waals surface area contributed by atoms with Gasteiger partial charge < -0.3 is 22.5 Å². The maximum atomic E-state index is 13.0. The van der Waals surface area contributed by atoms with Gasteiger partial charge in [0.25, 0.3) is 0 Å². The highest BCUT2D eigenvalue weighted by Gasteiger charge is 2.37. The SMILES string of the molecule is O=C(C[n+]1ccccc1)C1Oc2ccccc2NC1c1ccccc1.[Cl-]. The molecule has 132 valence electrons. The number of Topliss-reactive ketones (excluding diaryl/α,β-unsaturated/α-hetero) is 1. The molecule has 2 atom stereocenters. The molecule has 1 N–H and O–H groups in total. The number of benzene rings is 2. The fourth-order valence-corrected chi connectivity index (χ4v) is 3.12. The van der Waals surface area contributed by atoms with Crippen LogP contribution in [0.3, 0.4) is 0 Å². The van der Waals surface area contributed by atoms with Crippen molar-refractivity contribution in [3.63, 3.8) is 0 Å². The second kappa shape index (κ2) is 8.02. The number of fused-ring (bicyclic) bond motifs is 1. The Labute approximate surface area is 158 Å². The standard InChI is InChI=1S/C21H19N2O2.ClH/c24-18(15-23-13-7-2-8-14-23)21-20(16-9-3-1-4-10-16)22-17-11-5-6-12-19(17)25-21;/h1-14,20-22H,15H2;1H/q+1;/p-1. The number of pyridine rings is 1. The van der Waals surface area contributed by atoms with Crippen molar-refractivity contribution in [3.05, 3.63) is 90.8 Å². The van der Waals surface area contributed by atoms with Gasteiger partial charge in [-0.2, -0.15) is 4.57 Å². The molecule has 0 fully saturated rings.